The number of carbonyl (C=O) groups is 1. The molecule has 0 aliphatic rings. The van der Waals surface area contributed by atoms with Crippen LogP contribution in [0.25, 0.3) is 0 Å². The maximum Gasteiger partial charge on any atom is 0.320 e. The largest absolute Gasteiger partial charge is 0.480 e. The number of nitrogens with one attached hydrogen (secondary N) is 1. The van der Waals surface area contributed by atoms with Gasteiger partial charge in [0, 0.05) is 6.04 Å². The Balaban J connectivity index is 2.79. The smallest absolute Gasteiger partial charge is 0.320 e. The molecule has 0 spiro atoms. The average Bonchev–Trinajstić information content (AvgIpc) is 2.14. The number of aliphatic carboxylic acids is 1. The molecule has 0 aliphatic heterocycles. The molecule has 2 N–H and O–H groups in total. The lowest BCUT2D eigenvalue weighted by Crippen LogP contribution is -2.32. The van der Waals surface area contributed by atoms with Crippen LogP contribution in [0, 0.1) is 5.82 Å². The van der Waals surface area contributed by atoms with E-state index in [9.17, 15) is 17.6 Å². The molecular weight excluding hydrogens is 249 g/mol. The van der Waals surface area contributed by atoms with Gasteiger partial charge < -0.3 is 5.11 Å². The summed E-state index contributed by atoms with van der Waals surface area (Å²) in [5.74, 6) is -2.93. The van der Waals surface area contributed by atoms with E-state index in [0.29, 0.717) is 5.56 Å². The molecule has 7 heteroatoms. The van der Waals surface area contributed by atoms with Gasteiger partial charge in [-0.15, -0.1) is 0 Å². The fourth-order valence-electron chi connectivity index (χ4n) is 1.32. The highest BCUT2D eigenvalue weighted by atomic mass is 32.2. The van der Waals surface area contributed by atoms with Gasteiger partial charge >= 0.3 is 5.97 Å². The molecule has 0 aliphatic carbocycles. The number of halogens is 1. The molecule has 0 fully saturated rings. The van der Waals surface area contributed by atoms with Gasteiger partial charge in [0.2, 0.25) is 10.0 Å². The minimum atomic E-state index is -3.91. The predicted octanol–water partition coefficient (Wildman–Crippen LogP) is 0.891. The van der Waals surface area contributed by atoms with Crippen molar-refractivity contribution < 1.29 is 22.7 Å². The van der Waals surface area contributed by atoms with Crippen molar-refractivity contribution in [3.05, 3.63) is 35.6 Å². The lowest BCUT2D eigenvalue weighted by atomic mass is 10.1. The van der Waals surface area contributed by atoms with Crippen molar-refractivity contribution >= 4 is 16.0 Å². The molecule has 1 rings (SSSR count). The van der Waals surface area contributed by atoms with Gasteiger partial charge in [0.25, 0.3) is 0 Å². The Kier molecular flexibility index (Phi) is 4.19. The monoisotopic (exact) mass is 261 g/mol. The summed E-state index contributed by atoms with van der Waals surface area (Å²) in [4.78, 5) is 10.3. The SMILES string of the molecule is CC(NS(=O)(=O)CC(=O)O)c1cccc(F)c1. The number of benzene rings is 1. The minimum absolute atomic E-state index is 0.430. The molecule has 0 heterocycles. The molecule has 17 heavy (non-hydrogen) atoms. The summed E-state index contributed by atoms with van der Waals surface area (Å²) in [6.45, 7) is 1.51. The summed E-state index contributed by atoms with van der Waals surface area (Å²) in [5.41, 5.74) is 0.430. The van der Waals surface area contributed by atoms with Crippen molar-refractivity contribution in [1.29, 1.82) is 0 Å². The highest BCUT2D eigenvalue weighted by molar-refractivity contribution is 7.90. The molecular formula is C10H12FNO4S. The number of carboxylic acids is 1. The maximum absolute atomic E-state index is 12.9. The molecule has 1 atom stereocenters. The molecule has 1 aromatic rings. The summed E-state index contributed by atoms with van der Waals surface area (Å²) < 4.78 is 37.7. The van der Waals surface area contributed by atoms with Gasteiger partial charge in [-0.05, 0) is 24.6 Å². The Morgan fingerprint density at radius 1 is 1.53 bits per heavy atom. The number of hydrogen-bond acceptors (Lipinski definition) is 3. The summed E-state index contributed by atoms with van der Waals surface area (Å²) in [5, 5.41) is 8.40. The van der Waals surface area contributed by atoms with Crippen molar-refractivity contribution in [2.75, 3.05) is 5.75 Å². The zero-order valence-corrected chi connectivity index (χ0v) is 9.87. The van der Waals surface area contributed by atoms with Crippen LogP contribution in [0.2, 0.25) is 0 Å². The normalized spacial score (nSPS) is 13.3. The van der Waals surface area contributed by atoms with Gasteiger partial charge in [0.1, 0.15) is 5.82 Å². The van der Waals surface area contributed by atoms with E-state index in [4.69, 9.17) is 5.11 Å². The first-order valence-corrected chi connectivity index (χ1v) is 6.42. The number of rotatable bonds is 5. The van der Waals surface area contributed by atoms with Gasteiger partial charge in [0.05, 0.1) is 0 Å². The van der Waals surface area contributed by atoms with E-state index in [1.54, 1.807) is 6.07 Å². The highest BCUT2D eigenvalue weighted by Crippen LogP contribution is 2.14. The van der Waals surface area contributed by atoms with Crippen LogP contribution in [0.3, 0.4) is 0 Å². The van der Waals surface area contributed by atoms with Crippen LogP contribution in [-0.2, 0) is 14.8 Å². The molecule has 5 nitrogen and oxygen atoms in total. The third-order valence-electron chi connectivity index (χ3n) is 2.02. The summed E-state index contributed by atoms with van der Waals surface area (Å²) in [6.07, 6.45) is 0. The first-order valence-electron chi connectivity index (χ1n) is 4.77. The summed E-state index contributed by atoms with van der Waals surface area (Å²) in [7, 11) is -3.91. The lowest BCUT2D eigenvalue weighted by molar-refractivity contribution is -0.134. The third kappa shape index (κ3) is 4.49. The second-order valence-corrected chi connectivity index (χ2v) is 5.30. The van der Waals surface area contributed by atoms with Crippen molar-refractivity contribution in [3.8, 4) is 0 Å². The second kappa shape index (κ2) is 5.24. The van der Waals surface area contributed by atoms with E-state index in [1.807, 2.05) is 0 Å². The molecule has 0 saturated carbocycles. The van der Waals surface area contributed by atoms with E-state index in [1.165, 1.54) is 25.1 Å². The molecule has 0 amide bonds. The van der Waals surface area contributed by atoms with Crippen LogP contribution in [0.5, 0.6) is 0 Å². The minimum Gasteiger partial charge on any atom is -0.480 e. The Morgan fingerprint density at radius 3 is 2.71 bits per heavy atom. The van der Waals surface area contributed by atoms with E-state index < -0.39 is 33.6 Å². The molecule has 0 radical (unpaired) electrons. The topological polar surface area (TPSA) is 83.5 Å². The van der Waals surface area contributed by atoms with Crippen LogP contribution in [0.15, 0.2) is 24.3 Å². The summed E-state index contributed by atoms with van der Waals surface area (Å²) >= 11 is 0. The molecule has 94 valence electrons. The fraction of sp³-hybridized carbons (Fsp3) is 0.300. The van der Waals surface area contributed by atoms with Crippen LogP contribution in [-0.4, -0.2) is 25.2 Å². The number of hydrogen-bond donors (Lipinski definition) is 2. The molecule has 1 unspecified atom stereocenters. The van der Waals surface area contributed by atoms with Gasteiger partial charge in [0.15, 0.2) is 5.75 Å². The average molecular weight is 261 g/mol. The van der Waals surface area contributed by atoms with E-state index >= 15 is 0 Å². The first-order chi connectivity index (χ1) is 7.80. The Labute approximate surface area is 98.3 Å². The van der Waals surface area contributed by atoms with Gasteiger partial charge in [-0.2, -0.15) is 0 Å². The van der Waals surface area contributed by atoms with Crippen LogP contribution in [0.4, 0.5) is 4.39 Å². The second-order valence-electron chi connectivity index (χ2n) is 3.55. The number of carboxylic acid groups (broad SMARTS) is 1. The zero-order valence-electron chi connectivity index (χ0n) is 9.05. The van der Waals surface area contributed by atoms with Gasteiger partial charge in [-0.25, -0.2) is 17.5 Å². The Bertz CT molecular complexity index is 515. The Morgan fingerprint density at radius 2 is 2.18 bits per heavy atom. The van der Waals surface area contributed by atoms with Crippen molar-refractivity contribution in [3.63, 3.8) is 0 Å². The van der Waals surface area contributed by atoms with Crippen LogP contribution < -0.4 is 4.72 Å². The van der Waals surface area contributed by atoms with E-state index in [-0.39, 0.29) is 0 Å². The summed E-state index contributed by atoms with van der Waals surface area (Å²) in [6, 6.07) is 4.75. The van der Waals surface area contributed by atoms with Gasteiger partial charge in [-0.3, -0.25) is 4.79 Å². The fourth-order valence-corrected chi connectivity index (χ4v) is 2.40. The molecule has 0 aromatic heterocycles. The maximum atomic E-state index is 12.9. The molecule has 0 bridgehead atoms. The third-order valence-corrected chi connectivity index (χ3v) is 3.36. The van der Waals surface area contributed by atoms with Crippen molar-refractivity contribution in [2.45, 2.75) is 13.0 Å². The van der Waals surface area contributed by atoms with Crippen molar-refractivity contribution in [2.24, 2.45) is 0 Å². The lowest BCUT2D eigenvalue weighted by Gasteiger charge is -2.13. The van der Waals surface area contributed by atoms with Gasteiger partial charge in [-0.1, -0.05) is 12.1 Å². The molecule has 1 aromatic carbocycles. The highest BCUT2D eigenvalue weighted by Gasteiger charge is 2.19. The van der Waals surface area contributed by atoms with Crippen LogP contribution >= 0.6 is 0 Å². The number of sulfonamides is 1. The predicted molar refractivity (Wildman–Crippen MR) is 59.4 cm³/mol. The quantitative estimate of drug-likeness (QED) is 0.824. The first kappa shape index (κ1) is 13.6. The van der Waals surface area contributed by atoms with E-state index in [2.05, 4.69) is 4.72 Å². The van der Waals surface area contributed by atoms with Crippen molar-refractivity contribution in [1.82, 2.24) is 4.72 Å². The van der Waals surface area contributed by atoms with E-state index in [0.717, 1.165) is 0 Å². The zero-order chi connectivity index (χ0) is 13.1. The molecule has 0 saturated heterocycles. The Hall–Kier alpha value is -1.47. The standard InChI is InChI=1S/C10H12FNO4S/c1-7(8-3-2-4-9(11)5-8)12-17(15,16)6-10(13)14/h2-5,7,12H,6H2,1H3,(H,13,14). The van der Waals surface area contributed by atoms with Crippen LogP contribution in [0.1, 0.15) is 18.5 Å².